The highest BCUT2D eigenvalue weighted by Gasteiger charge is 2.32. The minimum Gasteiger partial charge on any atom is -0.493 e. The third-order valence-corrected chi connectivity index (χ3v) is 5.30. The smallest absolute Gasteiger partial charge is 0.306 e. The lowest BCUT2D eigenvalue weighted by Crippen LogP contribution is -2.39. The average molecular weight is 405 g/mol. The van der Waals surface area contributed by atoms with Gasteiger partial charge < -0.3 is 14.6 Å². The van der Waals surface area contributed by atoms with E-state index in [-0.39, 0.29) is 0 Å². The number of ether oxygens (including phenoxy) is 2. The fourth-order valence-corrected chi connectivity index (χ4v) is 3.85. The first-order chi connectivity index (χ1) is 13.9. The second-order valence-corrected chi connectivity index (χ2v) is 7.06. The van der Waals surface area contributed by atoms with Crippen molar-refractivity contribution in [2.75, 3.05) is 26.8 Å². The number of carboxylic acids is 1. The van der Waals surface area contributed by atoms with E-state index >= 15 is 0 Å². The fraction of sp³-hybridized carbons (Fsp3) is 0.409. The summed E-state index contributed by atoms with van der Waals surface area (Å²) in [6.07, 6.45) is 0.951. The standard InChI is InChI=1S/C22H25F2NO4/c1-3-29-20-12-15(4-7-19(20)28-2)21(17-6-5-16(23)13-18(17)24)25-10-8-14(9-11-25)22(26)27/h4-7,12-14,21H,3,8-11H2,1-2H3,(H,26,27)/t21-/m0/s1. The lowest BCUT2D eigenvalue weighted by Gasteiger charge is -2.37. The second kappa shape index (κ2) is 9.22. The van der Waals surface area contributed by atoms with Crippen molar-refractivity contribution in [1.29, 1.82) is 0 Å². The van der Waals surface area contributed by atoms with Crippen molar-refractivity contribution < 1.29 is 28.2 Å². The third-order valence-electron chi connectivity index (χ3n) is 5.30. The molecule has 0 aliphatic carbocycles. The fourth-order valence-electron chi connectivity index (χ4n) is 3.85. The van der Waals surface area contributed by atoms with E-state index in [4.69, 9.17) is 9.47 Å². The summed E-state index contributed by atoms with van der Waals surface area (Å²) in [5.74, 6) is -1.38. The normalized spacial score (nSPS) is 16.4. The van der Waals surface area contributed by atoms with E-state index in [1.807, 2.05) is 17.9 Å². The van der Waals surface area contributed by atoms with E-state index < -0.39 is 29.6 Å². The Bertz CT molecular complexity index is 866. The van der Waals surface area contributed by atoms with Crippen LogP contribution in [0.2, 0.25) is 0 Å². The Morgan fingerprint density at radius 3 is 2.48 bits per heavy atom. The van der Waals surface area contributed by atoms with Crippen LogP contribution in [-0.2, 0) is 4.79 Å². The van der Waals surface area contributed by atoms with Crippen LogP contribution in [0.25, 0.3) is 0 Å². The molecule has 1 heterocycles. The topological polar surface area (TPSA) is 59.0 Å². The van der Waals surface area contributed by atoms with Gasteiger partial charge in [-0.15, -0.1) is 0 Å². The minimum absolute atomic E-state index is 0.341. The van der Waals surface area contributed by atoms with E-state index in [2.05, 4.69) is 0 Å². The highest BCUT2D eigenvalue weighted by molar-refractivity contribution is 5.70. The van der Waals surface area contributed by atoms with Crippen LogP contribution < -0.4 is 9.47 Å². The number of piperidine rings is 1. The molecule has 0 bridgehead atoms. The maximum absolute atomic E-state index is 14.7. The molecule has 1 saturated heterocycles. The molecule has 0 amide bonds. The Morgan fingerprint density at radius 2 is 1.90 bits per heavy atom. The molecule has 2 aromatic carbocycles. The van der Waals surface area contributed by atoms with Gasteiger partial charge in [0.15, 0.2) is 11.5 Å². The lowest BCUT2D eigenvalue weighted by atomic mass is 9.91. The molecule has 0 radical (unpaired) electrons. The van der Waals surface area contributed by atoms with Gasteiger partial charge in [0.1, 0.15) is 11.6 Å². The number of halogens is 2. The molecule has 0 aromatic heterocycles. The van der Waals surface area contributed by atoms with Crippen LogP contribution in [0.15, 0.2) is 36.4 Å². The minimum atomic E-state index is -0.808. The number of methoxy groups -OCH3 is 1. The number of likely N-dealkylation sites (tertiary alicyclic amines) is 1. The molecule has 2 aromatic rings. The maximum Gasteiger partial charge on any atom is 0.306 e. The summed E-state index contributed by atoms with van der Waals surface area (Å²) in [7, 11) is 1.55. The van der Waals surface area contributed by atoms with Gasteiger partial charge in [0.2, 0.25) is 0 Å². The van der Waals surface area contributed by atoms with Crippen molar-refractivity contribution in [3.05, 3.63) is 59.2 Å². The van der Waals surface area contributed by atoms with Gasteiger partial charge in [-0.3, -0.25) is 9.69 Å². The molecule has 1 aliphatic heterocycles. The summed E-state index contributed by atoms with van der Waals surface area (Å²) in [6.45, 7) is 3.29. The number of nitrogens with zero attached hydrogens (tertiary/aromatic N) is 1. The predicted molar refractivity (Wildman–Crippen MR) is 104 cm³/mol. The van der Waals surface area contributed by atoms with Crippen molar-refractivity contribution in [1.82, 2.24) is 4.90 Å². The molecular weight excluding hydrogens is 380 g/mol. The Kier molecular flexibility index (Phi) is 6.69. The number of carboxylic acid groups (broad SMARTS) is 1. The summed E-state index contributed by atoms with van der Waals surface area (Å²) >= 11 is 0. The monoisotopic (exact) mass is 405 g/mol. The molecule has 1 fully saturated rings. The van der Waals surface area contributed by atoms with Crippen LogP contribution in [0.3, 0.4) is 0 Å². The lowest BCUT2D eigenvalue weighted by molar-refractivity contribution is -0.143. The van der Waals surface area contributed by atoms with E-state index in [1.54, 1.807) is 19.2 Å². The third kappa shape index (κ3) is 4.67. The molecule has 1 N–H and O–H groups in total. The van der Waals surface area contributed by atoms with Gasteiger partial charge in [0.05, 0.1) is 25.7 Å². The molecular formula is C22H25F2NO4. The predicted octanol–water partition coefficient (Wildman–Crippen LogP) is 4.26. The van der Waals surface area contributed by atoms with E-state index in [0.29, 0.717) is 49.6 Å². The number of carbonyl (C=O) groups is 1. The van der Waals surface area contributed by atoms with Crippen molar-refractivity contribution >= 4 is 5.97 Å². The van der Waals surface area contributed by atoms with Gasteiger partial charge in [-0.2, -0.15) is 0 Å². The average Bonchev–Trinajstić information content (AvgIpc) is 2.71. The number of benzene rings is 2. The van der Waals surface area contributed by atoms with E-state index in [1.165, 1.54) is 12.1 Å². The molecule has 29 heavy (non-hydrogen) atoms. The van der Waals surface area contributed by atoms with Crippen molar-refractivity contribution in [2.45, 2.75) is 25.8 Å². The first-order valence-electron chi connectivity index (χ1n) is 9.67. The van der Waals surface area contributed by atoms with Crippen molar-refractivity contribution in [3.8, 4) is 11.5 Å². The summed E-state index contributed by atoms with van der Waals surface area (Å²) in [5.41, 5.74) is 1.11. The summed E-state index contributed by atoms with van der Waals surface area (Å²) in [4.78, 5) is 13.3. The van der Waals surface area contributed by atoms with Crippen LogP contribution in [0.5, 0.6) is 11.5 Å². The van der Waals surface area contributed by atoms with Gasteiger partial charge in [-0.1, -0.05) is 12.1 Å². The molecule has 1 aliphatic rings. The molecule has 3 rings (SSSR count). The summed E-state index contributed by atoms with van der Waals surface area (Å²) in [6, 6.07) is 8.47. The van der Waals surface area contributed by atoms with Gasteiger partial charge in [-0.25, -0.2) is 8.78 Å². The molecule has 7 heteroatoms. The van der Waals surface area contributed by atoms with Crippen LogP contribution in [-0.4, -0.2) is 42.8 Å². The van der Waals surface area contributed by atoms with E-state index in [0.717, 1.165) is 11.6 Å². The van der Waals surface area contributed by atoms with Crippen molar-refractivity contribution in [3.63, 3.8) is 0 Å². The summed E-state index contributed by atoms with van der Waals surface area (Å²) < 4.78 is 39.2. The Hall–Kier alpha value is -2.67. The highest BCUT2D eigenvalue weighted by atomic mass is 19.1. The Morgan fingerprint density at radius 1 is 1.17 bits per heavy atom. The largest absolute Gasteiger partial charge is 0.493 e. The van der Waals surface area contributed by atoms with Crippen LogP contribution in [0.4, 0.5) is 8.78 Å². The zero-order valence-corrected chi connectivity index (χ0v) is 16.5. The summed E-state index contributed by atoms with van der Waals surface area (Å²) in [5, 5.41) is 9.27. The molecule has 5 nitrogen and oxygen atoms in total. The molecule has 0 unspecified atom stereocenters. The van der Waals surface area contributed by atoms with Crippen LogP contribution >= 0.6 is 0 Å². The highest BCUT2D eigenvalue weighted by Crippen LogP contribution is 2.38. The van der Waals surface area contributed by atoms with E-state index in [9.17, 15) is 18.7 Å². The number of hydrogen-bond acceptors (Lipinski definition) is 4. The SMILES string of the molecule is CCOc1cc([C@@H](c2ccc(F)cc2F)N2CCC(C(=O)O)CC2)ccc1OC. The van der Waals surface area contributed by atoms with Crippen LogP contribution in [0.1, 0.15) is 36.9 Å². The van der Waals surface area contributed by atoms with Crippen LogP contribution in [0, 0.1) is 17.6 Å². The molecule has 1 atom stereocenters. The Balaban J connectivity index is 2.02. The number of rotatable bonds is 7. The number of hydrogen-bond donors (Lipinski definition) is 1. The first kappa shape index (κ1) is 21.0. The Labute approximate surface area is 168 Å². The second-order valence-electron chi connectivity index (χ2n) is 7.06. The first-order valence-corrected chi connectivity index (χ1v) is 9.67. The molecule has 0 spiro atoms. The van der Waals surface area contributed by atoms with Gasteiger partial charge in [0, 0.05) is 11.6 Å². The van der Waals surface area contributed by atoms with Gasteiger partial charge in [0.25, 0.3) is 0 Å². The zero-order valence-electron chi connectivity index (χ0n) is 16.5. The quantitative estimate of drug-likeness (QED) is 0.746. The number of aliphatic carboxylic acids is 1. The maximum atomic E-state index is 14.7. The zero-order chi connectivity index (χ0) is 21.0. The van der Waals surface area contributed by atoms with Gasteiger partial charge in [-0.05, 0) is 56.6 Å². The molecule has 156 valence electrons. The molecule has 0 saturated carbocycles. The van der Waals surface area contributed by atoms with Gasteiger partial charge >= 0.3 is 5.97 Å². The van der Waals surface area contributed by atoms with Crippen molar-refractivity contribution in [2.24, 2.45) is 5.92 Å².